The SMILES string of the molecule is O=NC1CCC(c2cc(-c3ccccc3Cl)c3c(c2)N(c2c(Cl)cccc2Cl)C(=O)NC3)CC1. The van der Waals surface area contributed by atoms with Gasteiger partial charge in [0.1, 0.15) is 0 Å². The smallest absolute Gasteiger partial charge is 0.326 e. The Bertz CT molecular complexity index is 1250. The summed E-state index contributed by atoms with van der Waals surface area (Å²) < 4.78 is 0. The van der Waals surface area contributed by atoms with Crippen molar-refractivity contribution in [2.45, 2.75) is 44.2 Å². The van der Waals surface area contributed by atoms with Crippen LogP contribution < -0.4 is 10.2 Å². The average Bonchev–Trinajstić information content (AvgIpc) is 2.85. The average molecular weight is 515 g/mol. The van der Waals surface area contributed by atoms with Gasteiger partial charge in [0.25, 0.3) is 0 Å². The highest BCUT2D eigenvalue weighted by Crippen LogP contribution is 2.46. The van der Waals surface area contributed by atoms with Gasteiger partial charge in [-0.3, -0.25) is 4.90 Å². The van der Waals surface area contributed by atoms with Gasteiger partial charge in [-0.25, -0.2) is 4.79 Å². The molecule has 0 atom stereocenters. The lowest BCUT2D eigenvalue weighted by Crippen LogP contribution is -2.41. The van der Waals surface area contributed by atoms with Crippen LogP contribution in [0.15, 0.2) is 59.8 Å². The molecular weight excluding hydrogens is 493 g/mol. The van der Waals surface area contributed by atoms with Crippen LogP contribution in [0.1, 0.15) is 42.7 Å². The number of benzene rings is 3. The van der Waals surface area contributed by atoms with Gasteiger partial charge in [-0.1, -0.05) is 70.3 Å². The number of para-hydroxylation sites is 1. The van der Waals surface area contributed by atoms with E-state index in [1.165, 1.54) is 0 Å². The highest BCUT2D eigenvalue weighted by molar-refractivity contribution is 6.40. The van der Waals surface area contributed by atoms with Crippen LogP contribution in [0.4, 0.5) is 16.2 Å². The third-order valence-corrected chi connectivity index (χ3v) is 7.69. The fraction of sp³-hybridized carbons (Fsp3) is 0.269. The van der Waals surface area contributed by atoms with E-state index in [0.29, 0.717) is 27.3 Å². The molecule has 1 N–H and O–H groups in total. The lowest BCUT2D eigenvalue weighted by Gasteiger charge is -2.34. The van der Waals surface area contributed by atoms with Crippen molar-refractivity contribution >= 4 is 52.2 Å². The summed E-state index contributed by atoms with van der Waals surface area (Å²) in [6.45, 7) is 0.357. The Labute approximate surface area is 213 Å². The van der Waals surface area contributed by atoms with Gasteiger partial charge in [0.2, 0.25) is 0 Å². The maximum Gasteiger partial charge on any atom is 0.326 e. The standard InChI is InChI=1S/C26H22Cl3N3O2/c27-21-5-2-1-4-18(21)19-12-16(15-8-10-17(31-34)11-9-15)13-24-20(19)14-30-26(33)32(24)25-22(28)6-3-7-23(25)29/h1-7,12-13,15,17H,8-11,14H2,(H,30,33). The molecule has 0 unspecified atom stereocenters. The number of nitrogens with zero attached hydrogens (tertiary/aromatic N) is 2. The van der Waals surface area contributed by atoms with Crippen LogP contribution in [0.5, 0.6) is 0 Å². The van der Waals surface area contributed by atoms with Crippen molar-refractivity contribution in [2.75, 3.05) is 4.90 Å². The molecule has 3 aromatic rings. The summed E-state index contributed by atoms with van der Waals surface area (Å²) in [6, 6.07) is 16.7. The largest absolute Gasteiger partial charge is 0.333 e. The molecule has 5 nitrogen and oxygen atoms in total. The first-order valence-corrected chi connectivity index (χ1v) is 12.4. The number of hydrogen-bond donors (Lipinski definition) is 1. The van der Waals surface area contributed by atoms with E-state index in [2.05, 4.69) is 22.6 Å². The predicted molar refractivity (Wildman–Crippen MR) is 139 cm³/mol. The molecule has 0 radical (unpaired) electrons. The van der Waals surface area contributed by atoms with E-state index in [1.807, 2.05) is 24.3 Å². The number of anilines is 2. The number of urea groups is 1. The second-order valence-corrected chi connectivity index (χ2v) is 9.94. The Morgan fingerprint density at radius 1 is 0.853 bits per heavy atom. The molecule has 5 rings (SSSR count). The summed E-state index contributed by atoms with van der Waals surface area (Å²) in [5.41, 5.74) is 5.08. The van der Waals surface area contributed by atoms with E-state index in [4.69, 9.17) is 34.8 Å². The fourth-order valence-corrected chi connectivity index (χ4v) is 5.82. The zero-order valence-electron chi connectivity index (χ0n) is 18.2. The van der Waals surface area contributed by atoms with Gasteiger partial charge in [0.15, 0.2) is 0 Å². The van der Waals surface area contributed by atoms with Gasteiger partial charge >= 0.3 is 6.03 Å². The number of hydrogen-bond acceptors (Lipinski definition) is 3. The summed E-state index contributed by atoms with van der Waals surface area (Å²) in [4.78, 5) is 25.8. The monoisotopic (exact) mass is 513 g/mol. The Hall–Kier alpha value is -2.60. The number of carbonyl (C=O) groups is 1. The van der Waals surface area contributed by atoms with Crippen molar-refractivity contribution < 1.29 is 4.79 Å². The summed E-state index contributed by atoms with van der Waals surface area (Å²) in [6.07, 6.45) is 3.23. The number of fused-ring (bicyclic) bond motifs is 1. The summed E-state index contributed by atoms with van der Waals surface area (Å²) in [7, 11) is 0. The van der Waals surface area contributed by atoms with Crippen molar-refractivity contribution in [3.8, 4) is 11.1 Å². The molecule has 2 aliphatic rings. The number of rotatable bonds is 4. The van der Waals surface area contributed by atoms with Crippen LogP contribution in [0.2, 0.25) is 15.1 Å². The Kier molecular flexibility index (Phi) is 6.52. The molecule has 8 heteroatoms. The quantitative estimate of drug-likeness (QED) is 0.355. The third kappa shape index (κ3) is 4.17. The topological polar surface area (TPSA) is 61.8 Å². The maximum absolute atomic E-state index is 13.2. The van der Waals surface area contributed by atoms with Crippen molar-refractivity contribution in [1.29, 1.82) is 0 Å². The molecule has 0 saturated heterocycles. The highest BCUT2D eigenvalue weighted by Gasteiger charge is 2.33. The van der Waals surface area contributed by atoms with E-state index in [0.717, 1.165) is 53.6 Å². The summed E-state index contributed by atoms with van der Waals surface area (Å²) in [5.74, 6) is 0.248. The molecule has 2 amide bonds. The Balaban J connectivity index is 1.72. The first-order chi connectivity index (χ1) is 16.5. The van der Waals surface area contributed by atoms with Gasteiger partial charge in [0.05, 0.1) is 27.5 Å². The van der Waals surface area contributed by atoms with Crippen LogP contribution in [-0.2, 0) is 6.54 Å². The number of carbonyl (C=O) groups excluding carboxylic acids is 1. The first kappa shape index (κ1) is 23.2. The van der Waals surface area contributed by atoms with Crippen molar-refractivity contribution in [3.05, 3.63) is 85.7 Å². The third-order valence-electron chi connectivity index (χ3n) is 6.75. The minimum absolute atomic E-state index is 0.124. The minimum atomic E-state index is -0.293. The zero-order valence-corrected chi connectivity index (χ0v) is 20.5. The van der Waals surface area contributed by atoms with E-state index in [1.54, 1.807) is 23.1 Å². The maximum atomic E-state index is 13.2. The molecule has 0 bridgehead atoms. The first-order valence-electron chi connectivity index (χ1n) is 11.2. The van der Waals surface area contributed by atoms with E-state index in [9.17, 15) is 9.70 Å². The van der Waals surface area contributed by atoms with Crippen LogP contribution >= 0.6 is 34.8 Å². The molecular formula is C26H22Cl3N3O2. The molecule has 1 aliphatic heterocycles. The summed E-state index contributed by atoms with van der Waals surface area (Å²) >= 11 is 19.7. The van der Waals surface area contributed by atoms with Crippen LogP contribution in [0, 0.1) is 4.91 Å². The van der Waals surface area contributed by atoms with E-state index >= 15 is 0 Å². The van der Waals surface area contributed by atoms with Gasteiger partial charge in [-0.2, -0.15) is 4.91 Å². The van der Waals surface area contributed by atoms with Crippen molar-refractivity contribution in [3.63, 3.8) is 0 Å². The molecule has 34 heavy (non-hydrogen) atoms. The number of nitroso groups, excluding NO2 is 1. The van der Waals surface area contributed by atoms with Gasteiger partial charge in [-0.05, 0) is 67.0 Å². The number of amides is 2. The van der Waals surface area contributed by atoms with Gasteiger partial charge in [0, 0.05) is 22.7 Å². The molecule has 3 aromatic carbocycles. The molecule has 1 aliphatic carbocycles. The Morgan fingerprint density at radius 2 is 1.53 bits per heavy atom. The molecule has 174 valence electrons. The zero-order chi connectivity index (χ0) is 23.8. The van der Waals surface area contributed by atoms with Crippen LogP contribution in [-0.4, -0.2) is 12.1 Å². The summed E-state index contributed by atoms with van der Waals surface area (Å²) in [5, 5.41) is 7.62. The van der Waals surface area contributed by atoms with Crippen molar-refractivity contribution in [1.82, 2.24) is 5.32 Å². The molecule has 1 saturated carbocycles. The van der Waals surface area contributed by atoms with Gasteiger partial charge in [-0.15, -0.1) is 0 Å². The van der Waals surface area contributed by atoms with Crippen molar-refractivity contribution in [2.24, 2.45) is 5.18 Å². The molecule has 1 heterocycles. The normalized spacial score (nSPS) is 20.0. The Morgan fingerprint density at radius 3 is 2.21 bits per heavy atom. The second kappa shape index (κ2) is 9.57. The second-order valence-electron chi connectivity index (χ2n) is 8.72. The fourth-order valence-electron chi connectivity index (χ4n) is 5.01. The lowest BCUT2D eigenvalue weighted by molar-refractivity contribution is 0.247. The van der Waals surface area contributed by atoms with E-state index in [-0.39, 0.29) is 18.0 Å². The van der Waals surface area contributed by atoms with Gasteiger partial charge < -0.3 is 5.32 Å². The highest BCUT2D eigenvalue weighted by atomic mass is 35.5. The van der Waals surface area contributed by atoms with Crippen LogP contribution in [0.25, 0.3) is 11.1 Å². The minimum Gasteiger partial charge on any atom is -0.333 e. The van der Waals surface area contributed by atoms with Crippen LogP contribution in [0.3, 0.4) is 0 Å². The predicted octanol–water partition coefficient (Wildman–Crippen LogP) is 8.47. The molecule has 0 spiro atoms. The number of nitrogens with one attached hydrogen (secondary N) is 1. The van der Waals surface area contributed by atoms with E-state index < -0.39 is 0 Å². The number of halogens is 3. The lowest BCUT2D eigenvalue weighted by atomic mass is 9.80. The molecule has 1 fully saturated rings. The molecule has 0 aromatic heterocycles.